The van der Waals surface area contributed by atoms with Crippen LogP contribution in [0.15, 0.2) is 23.2 Å². The fourth-order valence-electron chi connectivity index (χ4n) is 0.920. The average Bonchev–Trinajstić information content (AvgIpc) is 2.16. The molecule has 0 spiro atoms. The molecule has 0 aliphatic heterocycles. The SMILES string of the molecule is O=C=NCc1ccc(Cl)c([N+](=O)[O-])c1. The van der Waals surface area contributed by atoms with Gasteiger partial charge in [0.2, 0.25) is 6.08 Å². The number of nitro benzene ring substituents is 1. The lowest BCUT2D eigenvalue weighted by atomic mass is 10.2. The molecule has 0 radical (unpaired) electrons. The summed E-state index contributed by atoms with van der Waals surface area (Å²) in [5.41, 5.74) is 0.356. The minimum Gasteiger partial charge on any atom is -0.258 e. The zero-order chi connectivity index (χ0) is 10.6. The highest BCUT2D eigenvalue weighted by atomic mass is 35.5. The van der Waals surface area contributed by atoms with Gasteiger partial charge in [-0.3, -0.25) is 10.1 Å². The predicted octanol–water partition coefficient (Wildman–Crippen LogP) is 2.08. The van der Waals surface area contributed by atoms with Gasteiger partial charge in [-0.2, -0.15) is 0 Å². The second kappa shape index (κ2) is 4.50. The van der Waals surface area contributed by atoms with E-state index in [0.717, 1.165) is 0 Å². The number of halogens is 1. The molecule has 1 aromatic rings. The van der Waals surface area contributed by atoms with E-state index in [0.29, 0.717) is 5.56 Å². The van der Waals surface area contributed by atoms with E-state index in [4.69, 9.17) is 11.6 Å². The molecule has 0 atom stereocenters. The summed E-state index contributed by atoms with van der Waals surface area (Å²) in [6, 6.07) is 4.24. The number of nitrogens with zero attached hydrogens (tertiary/aromatic N) is 2. The van der Waals surface area contributed by atoms with Gasteiger partial charge in [-0.15, -0.1) is 0 Å². The van der Waals surface area contributed by atoms with Gasteiger partial charge in [0, 0.05) is 6.07 Å². The van der Waals surface area contributed by atoms with Crippen molar-refractivity contribution in [3.8, 4) is 0 Å². The van der Waals surface area contributed by atoms with Crippen LogP contribution in [-0.4, -0.2) is 11.0 Å². The monoisotopic (exact) mass is 212 g/mol. The normalized spacial score (nSPS) is 9.21. The van der Waals surface area contributed by atoms with E-state index in [9.17, 15) is 14.9 Å². The summed E-state index contributed by atoms with van der Waals surface area (Å²) in [5, 5.41) is 10.5. The maximum atomic E-state index is 10.5. The number of hydrogen-bond acceptors (Lipinski definition) is 4. The van der Waals surface area contributed by atoms with Crippen LogP contribution in [0.2, 0.25) is 5.02 Å². The Morgan fingerprint density at radius 2 is 2.29 bits per heavy atom. The van der Waals surface area contributed by atoms with Gasteiger partial charge in [-0.05, 0) is 11.6 Å². The van der Waals surface area contributed by atoms with Crippen molar-refractivity contribution in [1.29, 1.82) is 0 Å². The number of nitro groups is 1. The molecular weight excluding hydrogens is 208 g/mol. The molecule has 0 aliphatic rings. The van der Waals surface area contributed by atoms with Crippen molar-refractivity contribution >= 4 is 23.4 Å². The first-order chi connectivity index (χ1) is 6.65. The van der Waals surface area contributed by atoms with Crippen molar-refractivity contribution in [3.05, 3.63) is 38.9 Å². The Kier molecular flexibility index (Phi) is 3.34. The Bertz CT molecular complexity index is 413. The topological polar surface area (TPSA) is 72.6 Å². The van der Waals surface area contributed by atoms with E-state index < -0.39 is 4.92 Å². The minimum atomic E-state index is -0.587. The molecule has 0 N–H and O–H groups in total. The van der Waals surface area contributed by atoms with Gasteiger partial charge >= 0.3 is 0 Å². The summed E-state index contributed by atoms with van der Waals surface area (Å²) < 4.78 is 0. The van der Waals surface area contributed by atoms with Crippen molar-refractivity contribution in [2.24, 2.45) is 4.99 Å². The number of benzene rings is 1. The summed E-state index contributed by atoms with van der Waals surface area (Å²) in [6.07, 6.45) is 1.35. The van der Waals surface area contributed by atoms with Crippen LogP contribution >= 0.6 is 11.6 Å². The molecule has 0 aromatic heterocycles. The predicted molar refractivity (Wildman–Crippen MR) is 49.9 cm³/mol. The molecule has 0 amide bonds. The molecule has 6 heteroatoms. The highest BCUT2D eigenvalue weighted by Gasteiger charge is 2.11. The van der Waals surface area contributed by atoms with Crippen molar-refractivity contribution in [1.82, 2.24) is 0 Å². The third-order valence-electron chi connectivity index (χ3n) is 1.53. The summed E-state index contributed by atoms with van der Waals surface area (Å²) in [7, 11) is 0. The van der Waals surface area contributed by atoms with E-state index in [1.165, 1.54) is 18.2 Å². The summed E-state index contributed by atoms with van der Waals surface area (Å²) >= 11 is 5.58. The number of rotatable bonds is 3. The van der Waals surface area contributed by atoms with Gasteiger partial charge in [0.25, 0.3) is 5.69 Å². The Hall–Kier alpha value is -1.71. The smallest absolute Gasteiger partial charge is 0.258 e. The molecule has 0 bridgehead atoms. The zero-order valence-electron chi connectivity index (χ0n) is 6.94. The molecule has 1 aromatic carbocycles. The van der Waals surface area contributed by atoms with Crippen molar-refractivity contribution in [2.75, 3.05) is 0 Å². The highest BCUT2D eigenvalue weighted by Crippen LogP contribution is 2.25. The average molecular weight is 213 g/mol. The molecule has 0 aliphatic carbocycles. The van der Waals surface area contributed by atoms with Crippen LogP contribution in [0.5, 0.6) is 0 Å². The van der Waals surface area contributed by atoms with E-state index in [1.54, 1.807) is 6.07 Å². The maximum Gasteiger partial charge on any atom is 0.288 e. The first-order valence-corrected chi connectivity index (χ1v) is 3.99. The van der Waals surface area contributed by atoms with Crippen molar-refractivity contribution < 1.29 is 9.72 Å². The summed E-state index contributed by atoms with van der Waals surface area (Å²) in [4.78, 5) is 23.0. The number of isocyanates is 1. The van der Waals surface area contributed by atoms with E-state index in [-0.39, 0.29) is 17.3 Å². The van der Waals surface area contributed by atoms with Crippen LogP contribution < -0.4 is 0 Å². The van der Waals surface area contributed by atoms with E-state index >= 15 is 0 Å². The third kappa shape index (κ3) is 2.39. The van der Waals surface area contributed by atoms with Crippen LogP contribution in [0.25, 0.3) is 0 Å². The van der Waals surface area contributed by atoms with Gasteiger partial charge in [0.15, 0.2) is 0 Å². The van der Waals surface area contributed by atoms with Gasteiger partial charge in [-0.1, -0.05) is 17.7 Å². The molecule has 0 heterocycles. The molecular formula is C8H5ClN2O3. The Morgan fingerprint density at radius 3 is 2.86 bits per heavy atom. The molecule has 1 rings (SSSR count). The van der Waals surface area contributed by atoms with Crippen LogP contribution in [0.1, 0.15) is 5.56 Å². The lowest BCUT2D eigenvalue weighted by Gasteiger charge is -1.97. The third-order valence-corrected chi connectivity index (χ3v) is 1.85. The minimum absolute atomic E-state index is 0.0637. The summed E-state index contributed by atoms with van der Waals surface area (Å²) in [5.74, 6) is 0. The number of aliphatic imine (C=N–C) groups is 1. The zero-order valence-corrected chi connectivity index (χ0v) is 7.69. The lowest BCUT2D eigenvalue weighted by molar-refractivity contribution is -0.384. The quantitative estimate of drug-likeness (QED) is 0.333. The molecule has 5 nitrogen and oxygen atoms in total. The first kappa shape index (κ1) is 10.4. The van der Waals surface area contributed by atoms with Crippen LogP contribution in [0, 0.1) is 10.1 Å². The molecule has 0 saturated heterocycles. The van der Waals surface area contributed by atoms with Gasteiger partial charge in [0.1, 0.15) is 5.02 Å². The molecule has 72 valence electrons. The van der Waals surface area contributed by atoms with Crippen LogP contribution in [0.3, 0.4) is 0 Å². The largest absolute Gasteiger partial charge is 0.288 e. The van der Waals surface area contributed by atoms with Crippen molar-refractivity contribution in [2.45, 2.75) is 6.54 Å². The number of hydrogen-bond donors (Lipinski definition) is 0. The van der Waals surface area contributed by atoms with Crippen LogP contribution in [-0.2, 0) is 11.3 Å². The maximum absolute atomic E-state index is 10.5. The van der Waals surface area contributed by atoms with Gasteiger partial charge in [-0.25, -0.2) is 9.79 Å². The Morgan fingerprint density at radius 1 is 1.57 bits per heavy atom. The summed E-state index contributed by atoms with van der Waals surface area (Å²) in [6.45, 7) is 0.0709. The first-order valence-electron chi connectivity index (χ1n) is 3.61. The Balaban J connectivity index is 3.06. The lowest BCUT2D eigenvalue weighted by Crippen LogP contribution is -1.91. The molecule has 0 fully saturated rings. The molecule has 0 saturated carbocycles. The van der Waals surface area contributed by atoms with Crippen molar-refractivity contribution in [3.63, 3.8) is 0 Å². The van der Waals surface area contributed by atoms with Gasteiger partial charge in [0.05, 0.1) is 11.5 Å². The van der Waals surface area contributed by atoms with Crippen LogP contribution in [0.4, 0.5) is 5.69 Å². The Labute approximate surface area is 84.2 Å². The molecule has 14 heavy (non-hydrogen) atoms. The fraction of sp³-hybridized carbons (Fsp3) is 0.125. The van der Waals surface area contributed by atoms with E-state index in [1.807, 2.05) is 0 Å². The second-order valence-corrected chi connectivity index (χ2v) is 2.86. The fourth-order valence-corrected chi connectivity index (χ4v) is 1.11. The number of carbonyl (C=O) groups excluding carboxylic acids is 1. The van der Waals surface area contributed by atoms with E-state index in [2.05, 4.69) is 4.99 Å². The second-order valence-electron chi connectivity index (χ2n) is 2.45. The highest BCUT2D eigenvalue weighted by molar-refractivity contribution is 6.32. The van der Waals surface area contributed by atoms with Gasteiger partial charge < -0.3 is 0 Å². The molecule has 0 unspecified atom stereocenters. The standard InChI is InChI=1S/C8H5ClN2O3/c9-7-2-1-6(4-10-5-12)3-8(7)11(13)14/h1-3H,4H2.